The molecule has 5 nitrogen and oxygen atoms in total. The number of rotatable bonds is 2. The number of hydrogen-bond donors (Lipinski definition) is 0. The highest BCUT2D eigenvalue weighted by Crippen LogP contribution is 2.25. The molecule has 22 heavy (non-hydrogen) atoms. The van der Waals surface area contributed by atoms with Crippen molar-refractivity contribution in [2.45, 2.75) is 32.1 Å². The normalized spacial score (nSPS) is 21.5. The SMILES string of the molecule is O=C(C1CC=CC1)N1CCN(c2cc3c(nn2)CCC3)CC1. The molecule has 3 aliphatic rings. The first kappa shape index (κ1) is 13.7. The summed E-state index contributed by atoms with van der Waals surface area (Å²) in [4.78, 5) is 16.7. The summed E-state index contributed by atoms with van der Waals surface area (Å²) in [6.45, 7) is 3.32. The fraction of sp³-hybridized carbons (Fsp3) is 0.588. The molecule has 0 bridgehead atoms. The van der Waals surface area contributed by atoms with Gasteiger partial charge in [0.15, 0.2) is 5.82 Å². The molecule has 1 saturated heterocycles. The molecule has 2 aliphatic carbocycles. The van der Waals surface area contributed by atoms with Crippen LogP contribution in [0.25, 0.3) is 0 Å². The van der Waals surface area contributed by atoms with Gasteiger partial charge in [0.1, 0.15) is 0 Å². The highest BCUT2D eigenvalue weighted by Gasteiger charge is 2.28. The molecule has 2 heterocycles. The number of nitrogens with zero attached hydrogens (tertiary/aromatic N) is 4. The first-order chi connectivity index (χ1) is 10.8. The molecule has 0 aromatic carbocycles. The minimum absolute atomic E-state index is 0.186. The van der Waals surface area contributed by atoms with E-state index in [9.17, 15) is 4.79 Å². The molecular weight excluding hydrogens is 276 g/mol. The Balaban J connectivity index is 1.38. The number of amides is 1. The molecule has 0 atom stereocenters. The third-order valence-electron chi connectivity index (χ3n) is 5.08. The van der Waals surface area contributed by atoms with E-state index >= 15 is 0 Å². The van der Waals surface area contributed by atoms with Gasteiger partial charge in [-0.25, -0.2) is 0 Å². The lowest BCUT2D eigenvalue weighted by molar-refractivity contribution is -0.135. The van der Waals surface area contributed by atoms with Gasteiger partial charge >= 0.3 is 0 Å². The van der Waals surface area contributed by atoms with E-state index in [2.05, 4.69) is 33.3 Å². The predicted molar refractivity (Wildman–Crippen MR) is 84.7 cm³/mol. The van der Waals surface area contributed by atoms with Crippen LogP contribution in [0.5, 0.6) is 0 Å². The Kier molecular flexibility index (Phi) is 3.56. The average molecular weight is 298 g/mol. The van der Waals surface area contributed by atoms with Crippen molar-refractivity contribution in [2.24, 2.45) is 5.92 Å². The zero-order chi connectivity index (χ0) is 14.9. The van der Waals surface area contributed by atoms with Crippen LogP contribution in [0.3, 0.4) is 0 Å². The van der Waals surface area contributed by atoms with E-state index < -0.39 is 0 Å². The maximum absolute atomic E-state index is 12.4. The van der Waals surface area contributed by atoms with Crippen molar-refractivity contribution in [3.05, 3.63) is 29.5 Å². The molecule has 1 aromatic rings. The zero-order valence-electron chi connectivity index (χ0n) is 12.9. The summed E-state index contributed by atoms with van der Waals surface area (Å²) in [6.07, 6.45) is 9.47. The molecule has 0 radical (unpaired) electrons. The van der Waals surface area contributed by atoms with E-state index in [-0.39, 0.29) is 5.92 Å². The van der Waals surface area contributed by atoms with Gasteiger partial charge < -0.3 is 9.80 Å². The first-order valence-corrected chi connectivity index (χ1v) is 8.35. The molecule has 1 aliphatic heterocycles. The Bertz CT molecular complexity index is 597. The molecule has 4 rings (SSSR count). The smallest absolute Gasteiger partial charge is 0.226 e. The van der Waals surface area contributed by atoms with Gasteiger partial charge in [-0.1, -0.05) is 12.2 Å². The van der Waals surface area contributed by atoms with Gasteiger partial charge in [0.2, 0.25) is 5.91 Å². The van der Waals surface area contributed by atoms with Gasteiger partial charge in [0.05, 0.1) is 5.69 Å². The second-order valence-corrected chi connectivity index (χ2v) is 6.48. The number of carbonyl (C=O) groups is 1. The molecule has 1 fully saturated rings. The van der Waals surface area contributed by atoms with Gasteiger partial charge in [0, 0.05) is 32.1 Å². The van der Waals surface area contributed by atoms with E-state index in [1.54, 1.807) is 0 Å². The summed E-state index contributed by atoms with van der Waals surface area (Å²) in [5.41, 5.74) is 2.53. The molecule has 1 amide bonds. The van der Waals surface area contributed by atoms with Crippen molar-refractivity contribution in [1.82, 2.24) is 15.1 Å². The quantitative estimate of drug-likeness (QED) is 0.778. The minimum atomic E-state index is 0.186. The van der Waals surface area contributed by atoms with Gasteiger partial charge in [-0.2, -0.15) is 5.10 Å². The van der Waals surface area contributed by atoms with Gasteiger partial charge in [0.25, 0.3) is 0 Å². The second kappa shape index (κ2) is 5.71. The van der Waals surface area contributed by atoms with Gasteiger partial charge in [-0.3, -0.25) is 4.79 Å². The van der Waals surface area contributed by atoms with Crippen molar-refractivity contribution in [3.8, 4) is 0 Å². The van der Waals surface area contributed by atoms with E-state index in [1.807, 2.05) is 4.90 Å². The first-order valence-electron chi connectivity index (χ1n) is 8.35. The maximum Gasteiger partial charge on any atom is 0.226 e. The number of hydrogen-bond acceptors (Lipinski definition) is 4. The molecule has 116 valence electrons. The number of piperazine rings is 1. The van der Waals surface area contributed by atoms with E-state index in [1.165, 1.54) is 17.7 Å². The highest BCUT2D eigenvalue weighted by molar-refractivity contribution is 5.80. The highest BCUT2D eigenvalue weighted by atomic mass is 16.2. The topological polar surface area (TPSA) is 49.3 Å². The summed E-state index contributed by atoms with van der Waals surface area (Å²) in [5.74, 6) is 1.49. The van der Waals surface area contributed by atoms with Crippen LogP contribution in [0.1, 0.15) is 30.5 Å². The summed E-state index contributed by atoms with van der Waals surface area (Å²) in [5, 5.41) is 8.75. The fourth-order valence-corrected chi connectivity index (χ4v) is 3.70. The van der Waals surface area contributed by atoms with Crippen molar-refractivity contribution in [3.63, 3.8) is 0 Å². The number of fused-ring (bicyclic) bond motifs is 1. The Morgan fingerprint density at radius 3 is 2.59 bits per heavy atom. The molecule has 0 unspecified atom stereocenters. The van der Waals surface area contributed by atoms with Crippen LogP contribution in [0.15, 0.2) is 18.2 Å². The fourth-order valence-electron chi connectivity index (χ4n) is 3.70. The van der Waals surface area contributed by atoms with E-state index in [0.29, 0.717) is 5.91 Å². The van der Waals surface area contributed by atoms with E-state index in [4.69, 9.17) is 0 Å². The monoisotopic (exact) mass is 298 g/mol. The van der Waals surface area contributed by atoms with Crippen LogP contribution in [0.2, 0.25) is 0 Å². The lowest BCUT2D eigenvalue weighted by Gasteiger charge is -2.36. The molecule has 0 spiro atoms. The average Bonchev–Trinajstić information content (AvgIpc) is 3.25. The van der Waals surface area contributed by atoms with Gasteiger partial charge in [-0.05, 0) is 43.7 Å². The van der Waals surface area contributed by atoms with Crippen LogP contribution in [0, 0.1) is 5.92 Å². The Labute approximate surface area is 131 Å². The lowest BCUT2D eigenvalue weighted by Crippen LogP contribution is -2.50. The van der Waals surface area contributed by atoms with Crippen molar-refractivity contribution >= 4 is 11.7 Å². The molecule has 1 aromatic heterocycles. The third-order valence-corrected chi connectivity index (χ3v) is 5.08. The van der Waals surface area contributed by atoms with Crippen LogP contribution in [-0.4, -0.2) is 47.2 Å². The van der Waals surface area contributed by atoms with Gasteiger partial charge in [-0.15, -0.1) is 5.10 Å². The van der Waals surface area contributed by atoms with Crippen LogP contribution in [0.4, 0.5) is 5.82 Å². The number of aromatic nitrogens is 2. The number of allylic oxidation sites excluding steroid dienone is 2. The largest absolute Gasteiger partial charge is 0.352 e. The van der Waals surface area contributed by atoms with Crippen LogP contribution >= 0.6 is 0 Å². The van der Waals surface area contributed by atoms with Crippen molar-refractivity contribution in [1.29, 1.82) is 0 Å². The Morgan fingerprint density at radius 2 is 1.82 bits per heavy atom. The molecular formula is C17H22N4O. The standard InChI is InChI=1S/C17H22N4O/c22-17(13-4-1-2-5-13)21-10-8-20(9-11-21)16-12-14-6-3-7-15(14)18-19-16/h1-2,12-13H,3-11H2. The van der Waals surface area contributed by atoms with Crippen molar-refractivity contribution < 1.29 is 4.79 Å². The number of aryl methyl sites for hydroxylation is 2. The minimum Gasteiger partial charge on any atom is -0.352 e. The molecule has 0 saturated carbocycles. The molecule has 0 N–H and O–H groups in total. The van der Waals surface area contributed by atoms with Crippen LogP contribution < -0.4 is 4.90 Å². The summed E-state index contributed by atoms with van der Waals surface area (Å²) < 4.78 is 0. The summed E-state index contributed by atoms with van der Waals surface area (Å²) >= 11 is 0. The second-order valence-electron chi connectivity index (χ2n) is 6.48. The molecule has 5 heteroatoms. The number of carbonyl (C=O) groups excluding carboxylic acids is 1. The zero-order valence-corrected chi connectivity index (χ0v) is 12.9. The maximum atomic E-state index is 12.4. The number of anilines is 1. The van der Waals surface area contributed by atoms with Crippen LogP contribution in [-0.2, 0) is 17.6 Å². The predicted octanol–water partition coefficient (Wildman–Crippen LogP) is 1.58. The van der Waals surface area contributed by atoms with E-state index in [0.717, 1.165) is 57.7 Å². The summed E-state index contributed by atoms with van der Waals surface area (Å²) in [7, 11) is 0. The van der Waals surface area contributed by atoms with Crippen molar-refractivity contribution in [2.75, 3.05) is 31.1 Å². The third kappa shape index (κ3) is 2.49. The lowest BCUT2D eigenvalue weighted by atomic mass is 10.1. The Morgan fingerprint density at radius 1 is 1.05 bits per heavy atom. The summed E-state index contributed by atoms with van der Waals surface area (Å²) in [6, 6.07) is 2.20. The Hall–Kier alpha value is -1.91.